The van der Waals surface area contributed by atoms with Crippen molar-refractivity contribution >= 4 is 102 Å². The van der Waals surface area contributed by atoms with Crippen LogP contribution in [0.3, 0.4) is 0 Å². The maximum Gasteiger partial charge on any atom is 0.0555 e. The molecule has 0 saturated carbocycles. The van der Waals surface area contributed by atoms with Gasteiger partial charge in [-0.2, -0.15) is 0 Å². The molecule has 0 N–H and O–H groups in total. The maximum atomic E-state index is 2.52. The van der Waals surface area contributed by atoms with E-state index in [1.807, 2.05) is 22.7 Å². The van der Waals surface area contributed by atoms with Gasteiger partial charge < -0.3 is 4.90 Å². The van der Waals surface area contributed by atoms with Crippen LogP contribution < -0.4 is 4.90 Å². The second kappa shape index (κ2) is 12.2. The van der Waals surface area contributed by atoms with Crippen molar-refractivity contribution in [1.29, 1.82) is 0 Å². The van der Waals surface area contributed by atoms with Gasteiger partial charge in [-0.25, -0.2) is 0 Å². The molecular formula is C50H31NS2. The van der Waals surface area contributed by atoms with Gasteiger partial charge in [0.1, 0.15) is 0 Å². The van der Waals surface area contributed by atoms with Crippen LogP contribution in [0.2, 0.25) is 0 Å². The Labute approximate surface area is 315 Å². The molecule has 0 aliphatic heterocycles. The number of fused-ring (bicyclic) bond motifs is 9. The third-order valence-corrected chi connectivity index (χ3v) is 13.0. The standard InChI is InChI=1S/C50H31NS2/c1-2-14-32(15-3-1)43-31-34(28-29-37(43)40-22-12-23-41-39-20-8-10-25-46(39)53-50(40)41)51(44-24-13-27-48-49(44)42-21-9-11-26-47(42)52-48)45-30-33-16-4-5-17-35(33)36-18-6-7-19-38(36)45/h1-31H. The Kier molecular flexibility index (Phi) is 6.97. The number of rotatable bonds is 5. The van der Waals surface area contributed by atoms with Gasteiger partial charge in [0.25, 0.3) is 0 Å². The second-order valence-corrected chi connectivity index (χ2v) is 15.8. The Bertz CT molecular complexity index is 3190. The van der Waals surface area contributed by atoms with Crippen LogP contribution in [0, 0.1) is 0 Å². The average molecular weight is 710 g/mol. The Hall–Kier alpha value is -6.26. The van der Waals surface area contributed by atoms with Gasteiger partial charge in [0.05, 0.1) is 11.4 Å². The number of hydrogen-bond acceptors (Lipinski definition) is 3. The minimum atomic E-state index is 1.12. The first-order valence-corrected chi connectivity index (χ1v) is 19.6. The van der Waals surface area contributed by atoms with E-state index >= 15 is 0 Å². The van der Waals surface area contributed by atoms with E-state index in [1.54, 1.807) is 0 Å². The molecule has 11 rings (SSSR count). The van der Waals surface area contributed by atoms with Gasteiger partial charge in [-0.3, -0.25) is 0 Å². The Morgan fingerprint density at radius 2 is 0.981 bits per heavy atom. The van der Waals surface area contributed by atoms with E-state index in [4.69, 9.17) is 0 Å². The first kappa shape index (κ1) is 30.4. The molecule has 248 valence electrons. The van der Waals surface area contributed by atoms with Crippen LogP contribution in [0.1, 0.15) is 0 Å². The summed E-state index contributed by atoms with van der Waals surface area (Å²) in [7, 11) is 0. The van der Waals surface area contributed by atoms with Crippen LogP contribution in [-0.2, 0) is 0 Å². The highest BCUT2D eigenvalue weighted by molar-refractivity contribution is 7.26. The quantitative estimate of drug-likeness (QED) is 0.161. The summed E-state index contributed by atoms with van der Waals surface area (Å²) in [5.41, 5.74) is 8.39. The van der Waals surface area contributed by atoms with E-state index in [0.29, 0.717) is 0 Å². The smallest absolute Gasteiger partial charge is 0.0555 e. The van der Waals surface area contributed by atoms with E-state index in [1.165, 1.54) is 95.5 Å². The lowest BCUT2D eigenvalue weighted by molar-refractivity contribution is 1.32. The van der Waals surface area contributed by atoms with E-state index < -0.39 is 0 Å². The SMILES string of the molecule is c1ccc(-c2cc(N(c3cc4ccccc4c4ccccc34)c3cccc4sc5ccccc5c34)ccc2-c2cccc3c2sc2ccccc23)cc1. The van der Waals surface area contributed by atoms with Crippen molar-refractivity contribution in [2.45, 2.75) is 0 Å². The zero-order valence-corrected chi connectivity index (χ0v) is 30.3. The molecule has 2 heterocycles. The molecule has 1 nitrogen and oxygen atoms in total. The summed E-state index contributed by atoms with van der Waals surface area (Å²) in [5.74, 6) is 0. The van der Waals surface area contributed by atoms with Crippen molar-refractivity contribution in [2.24, 2.45) is 0 Å². The predicted molar refractivity (Wildman–Crippen MR) is 233 cm³/mol. The molecule has 11 aromatic rings. The molecule has 9 aromatic carbocycles. The first-order valence-electron chi connectivity index (χ1n) is 18.0. The zero-order valence-electron chi connectivity index (χ0n) is 28.7. The molecule has 0 radical (unpaired) electrons. The molecule has 0 bridgehead atoms. The molecule has 3 heteroatoms. The zero-order chi connectivity index (χ0) is 34.9. The summed E-state index contributed by atoms with van der Waals surface area (Å²) in [4.78, 5) is 2.52. The minimum Gasteiger partial charge on any atom is -0.309 e. The number of nitrogens with zero attached hydrogens (tertiary/aromatic N) is 1. The fourth-order valence-electron chi connectivity index (χ4n) is 8.29. The van der Waals surface area contributed by atoms with Crippen molar-refractivity contribution in [3.05, 3.63) is 188 Å². The Balaban J connectivity index is 1.24. The third kappa shape index (κ3) is 4.82. The van der Waals surface area contributed by atoms with E-state index in [9.17, 15) is 0 Å². The highest BCUT2D eigenvalue weighted by Gasteiger charge is 2.23. The van der Waals surface area contributed by atoms with Crippen molar-refractivity contribution in [2.75, 3.05) is 4.90 Å². The summed E-state index contributed by atoms with van der Waals surface area (Å²) in [5, 5.41) is 10.2. The number of hydrogen-bond donors (Lipinski definition) is 0. The lowest BCUT2D eigenvalue weighted by Crippen LogP contribution is -2.11. The Morgan fingerprint density at radius 3 is 1.83 bits per heavy atom. The summed E-state index contributed by atoms with van der Waals surface area (Å²) in [6.07, 6.45) is 0. The molecule has 0 amide bonds. The van der Waals surface area contributed by atoms with Crippen LogP contribution in [0.25, 0.3) is 84.1 Å². The van der Waals surface area contributed by atoms with Crippen LogP contribution in [0.15, 0.2) is 188 Å². The van der Waals surface area contributed by atoms with E-state index in [2.05, 4.69) is 193 Å². The second-order valence-electron chi connectivity index (χ2n) is 13.6. The molecule has 0 unspecified atom stereocenters. The van der Waals surface area contributed by atoms with Crippen LogP contribution >= 0.6 is 22.7 Å². The predicted octanol–water partition coefficient (Wildman–Crippen LogP) is 15.5. The first-order chi connectivity index (χ1) is 26.3. The van der Waals surface area contributed by atoms with Gasteiger partial charge in [0, 0.05) is 57.0 Å². The number of thiophene rings is 2. The molecule has 53 heavy (non-hydrogen) atoms. The summed E-state index contributed by atoms with van der Waals surface area (Å²) in [6.45, 7) is 0. The molecule has 0 aliphatic rings. The van der Waals surface area contributed by atoms with Crippen molar-refractivity contribution < 1.29 is 0 Å². The van der Waals surface area contributed by atoms with Gasteiger partial charge in [-0.15, -0.1) is 22.7 Å². The summed E-state index contributed by atoms with van der Waals surface area (Å²) < 4.78 is 5.23. The number of anilines is 3. The van der Waals surface area contributed by atoms with Gasteiger partial charge in [-0.1, -0.05) is 146 Å². The normalized spacial score (nSPS) is 11.8. The van der Waals surface area contributed by atoms with Gasteiger partial charge in [0.2, 0.25) is 0 Å². The molecule has 0 spiro atoms. The third-order valence-electron chi connectivity index (χ3n) is 10.6. The van der Waals surface area contributed by atoms with Crippen LogP contribution in [-0.4, -0.2) is 0 Å². The lowest BCUT2D eigenvalue weighted by Gasteiger charge is -2.29. The highest BCUT2D eigenvalue weighted by Crippen LogP contribution is 2.50. The minimum absolute atomic E-state index is 1.12. The topological polar surface area (TPSA) is 3.24 Å². The van der Waals surface area contributed by atoms with Gasteiger partial charge in [0.15, 0.2) is 0 Å². The number of benzene rings is 9. The fourth-order valence-corrected chi connectivity index (χ4v) is 10.6. The average Bonchev–Trinajstić information content (AvgIpc) is 3.80. The lowest BCUT2D eigenvalue weighted by atomic mass is 9.92. The molecule has 0 aliphatic carbocycles. The monoisotopic (exact) mass is 709 g/mol. The van der Waals surface area contributed by atoms with Crippen molar-refractivity contribution in [1.82, 2.24) is 0 Å². The highest BCUT2D eigenvalue weighted by atomic mass is 32.1. The van der Waals surface area contributed by atoms with Crippen LogP contribution in [0.5, 0.6) is 0 Å². The maximum absolute atomic E-state index is 2.52. The summed E-state index contributed by atoms with van der Waals surface area (Å²) in [6, 6.07) is 69.3. The van der Waals surface area contributed by atoms with Gasteiger partial charge in [-0.05, 0) is 75.3 Å². The molecule has 0 atom stereocenters. The largest absolute Gasteiger partial charge is 0.309 e. The molecular weight excluding hydrogens is 679 g/mol. The van der Waals surface area contributed by atoms with Crippen LogP contribution in [0.4, 0.5) is 17.1 Å². The molecule has 2 aromatic heterocycles. The van der Waals surface area contributed by atoms with E-state index in [0.717, 1.165) is 5.69 Å². The van der Waals surface area contributed by atoms with Crippen molar-refractivity contribution in [3.8, 4) is 22.3 Å². The summed E-state index contributed by atoms with van der Waals surface area (Å²) >= 11 is 3.75. The fraction of sp³-hybridized carbons (Fsp3) is 0. The van der Waals surface area contributed by atoms with Gasteiger partial charge >= 0.3 is 0 Å². The Morgan fingerprint density at radius 1 is 0.340 bits per heavy atom. The molecule has 0 fully saturated rings. The molecule has 0 saturated heterocycles. The van der Waals surface area contributed by atoms with E-state index in [-0.39, 0.29) is 0 Å². The van der Waals surface area contributed by atoms with Crippen molar-refractivity contribution in [3.63, 3.8) is 0 Å².